The Morgan fingerprint density at radius 2 is 2.00 bits per heavy atom. The van der Waals surface area contributed by atoms with Gasteiger partial charge in [0.1, 0.15) is 0 Å². The van der Waals surface area contributed by atoms with Crippen molar-refractivity contribution in [3.05, 3.63) is 0 Å². The molecule has 6 heteroatoms. The lowest BCUT2D eigenvalue weighted by molar-refractivity contribution is 0.338. The van der Waals surface area contributed by atoms with Gasteiger partial charge in [-0.05, 0) is 6.92 Å². The third kappa shape index (κ3) is 6.28. The van der Waals surface area contributed by atoms with E-state index in [1.54, 1.807) is 6.92 Å². The van der Waals surface area contributed by atoms with Gasteiger partial charge < -0.3 is 5.73 Å². The topological polar surface area (TPSA) is 69.4 Å². The number of hydrogen-bond acceptors (Lipinski definition) is 4. The Morgan fingerprint density at radius 3 is 2.30 bits per heavy atom. The maximum atomic E-state index is 10.5. The summed E-state index contributed by atoms with van der Waals surface area (Å²) in [6.45, 7) is 1.92. The van der Waals surface area contributed by atoms with Crippen LogP contribution in [0.2, 0.25) is 0 Å². The molecular formula is C4H12ClNO3S. The van der Waals surface area contributed by atoms with Crippen molar-refractivity contribution in [1.29, 1.82) is 0 Å². The van der Waals surface area contributed by atoms with Crippen LogP contribution in [0.25, 0.3) is 0 Å². The third-order valence-electron chi connectivity index (χ3n) is 0.665. The predicted molar refractivity (Wildman–Crippen MR) is 41.7 cm³/mol. The van der Waals surface area contributed by atoms with E-state index < -0.39 is 10.1 Å². The Labute approximate surface area is 67.3 Å². The maximum Gasteiger partial charge on any atom is 0.268 e. The average molecular weight is 190 g/mol. The van der Waals surface area contributed by atoms with Gasteiger partial charge in [-0.1, -0.05) is 0 Å². The standard InChI is InChI=1S/C4H11NO3S.ClH/c1-2-8-9(6,7)4-3-5;/h2-5H2,1H3;1H. The molecule has 0 bridgehead atoms. The first-order chi connectivity index (χ1) is 4.12. The van der Waals surface area contributed by atoms with E-state index in [9.17, 15) is 8.42 Å². The largest absolute Gasteiger partial charge is 0.329 e. The van der Waals surface area contributed by atoms with E-state index in [1.165, 1.54) is 0 Å². The van der Waals surface area contributed by atoms with Gasteiger partial charge in [0, 0.05) is 6.54 Å². The summed E-state index contributed by atoms with van der Waals surface area (Å²) in [5.74, 6) is -0.0964. The summed E-state index contributed by atoms with van der Waals surface area (Å²) in [7, 11) is -3.31. The molecule has 0 aliphatic heterocycles. The zero-order chi connectivity index (χ0) is 7.33. The fourth-order valence-electron chi connectivity index (χ4n) is 0.383. The predicted octanol–water partition coefficient (Wildman–Crippen LogP) is -0.267. The average Bonchev–Trinajstić information content (AvgIpc) is 1.64. The van der Waals surface area contributed by atoms with Gasteiger partial charge >= 0.3 is 0 Å². The highest BCUT2D eigenvalue weighted by Gasteiger charge is 2.06. The second-order valence-corrected chi connectivity index (χ2v) is 3.22. The van der Waals surface area contributed by atoms with Crippen LogP contribution in [0.1, 0.15) is 6.92 Å². The SMILES string of the molecule is CCOS(=O)(=O)CCN.Cl. The van der Waals surface area contributed by atoms with Crippen molar-refractivity contribution in [3.63, 3.8) is 0 Å². The van der Waals surface area contributed by atoms with Crippen LogP contribution in [0.3, 0.4) is 0 Å². The van der Waals surface area contributed by atoms with Gasteiger partial charge in [-0.25, -0.2) is 0 Å². The first kappa shape index (κ1) is 12.8. The zero-order valence-corrected chi connectivity index (χ0v) is 7.37. The molecule has 0 radical (unpaired) electrons. The molecule has 0 saturated heterocycles. The van der Waals surface area contributed by atoms with E-state index in [-0.39, 0.29) is 31.3 Å². The molecule has 4 nitrogen and oxygen atoms in total. The fraction of sp³-hybridized carbons (Fsp3) is 1.00. The lowest BCUT2D eigenvalue weighted by atomic mass is 10.8. The summed E-state index contributed by atoms with van der Waals surface area (Å²) in [5, 5.41) is 0. The van der Waals surface area contributed by atoms with E-state index in [1.807, 2.05) is 0 Å². The quantitative estimate of drug-likeness (QED) is 0.619. The van der Waals surface area contributed by atoms with Crippen molar-refractivity contribution >= 4 is 22.5 Å². The van der Waals surface area contributed by atoms with Crippen LogP contribution in [0.15, 0.2) is 0 Å². The van der Waals surface area contributed by atoms with Crippen molar-refractivity contribution in [3.8, 4) is 0 Å². The van der Waals surface area contributed by atoms with Crippen molar-refractivity contribution in [2.75, 3.05) is 18.9 Å². The Balaban J connectivity index is 0. The molecule has 0 aromatic carbocycles. The summed E-state index contributed by atoms with van der Waals surface area (Å²) in [6, 6.07) is 0. The molecule has 0 amide bonds. The molecule has 0 aliphatic rings. The monoisotopic (exact) mass is 189 g/mol. The van der Waals surface area contributed by atoms with Crippen molar-refractivity contribution in [2.24, 2.45) is 5.73 Å². The molecule has 0 aliphatic carbocycles. The highest BCUT2D eigenvalue weighted by molar-refractivity contribution is 7.86. The fourth-order valence-corrected chi connectivity index (χ4v) is 1.15. The van der Waals surface area contributed by atoms with Crippen molar-refractivity contribution in [2.45, 2.75) is 6.92 Å². The van der Waals surface area contributed by atoms with Gasteiger partial charge in [-0.15, -0.1) is 12.4 Å². The van der Waals surface area contributed by atoms with E-state index in [4.69, 9.17) is 5.73 Å². The number of nitrogens with two attached hydrogens (primary N) is 1. The lowest BCUT2D eigenvalue weighted by Gasteiger charge is -1.98. The van der Waals surface area contributed by atoms with Crippen LogP contribution in [-0.2, 0) is 14.3 Å². The van der Waals surface area contributed by atoms with E-state index in [0.29, 0.717) is 0 Å². The molecule has 0 spiro atoms. The highest BCUT2D eigenvalue weighted by Crippen LogP contribution is 1.89. The smallest absolute Gasteiger partial charge is 0.268 e. The number of rotatable bonds is 4. The molecule has 0 rings (SSSR count). The van der Waals surface area contributed by atoms with Gasteiger partial charge in [0.05, 0.1) is 12.4 Å². The number of hydrogen-bond donors (Lipinski definition) is 1. The molecule has 0 heterocycles. The lowest BCUT2D eigenvalue weighted by Crippen LogP contribution is -2.17. The third-order valence-corrected chi connectivity index (χ3v) is 2.00. The summed E-state index contributed by atoms with van der Waals surface area (Å²) < 4.78 is 25.4. The van der Waals surface area contributed by atoms with Crippen LogP contribution in [0, 0.1) is 0 Å². The van der Waals surface area contributed by atoms with E-state index in [2.05, 4.69) is 4.18 Å². The normalized spacial score (nSPS) is 10.6. The van der Waals surface area contributed by atoms with Crippen molar-refractivity contribution in [1.82, 2.24) is 0 Å². The Kier molecular flexibility index (Phi) is 7.56. The first-order valence-electron chi connectivity index (χ1n) is 2.69. The van der Waals surface area contributed by atoms with Gasteiger partial charge in [-0.3, -0.25) is 4.18 Å². The molecule has 10 heavy (non-hydrogen) atoms. The van der Waals surface area contributed by atoms with Crippen LogP contribution in [0.5, 0.6) is 0 Å². The summed E-state index contributed by atoms with van der Waals surface area (Å²) in [6.07, 6.45) is 0. The molecule has 0 fully saturated rings. The Hall–Kier alpha value is 0.160. The summed E-state index contributed by atoms with van der Waals surface area (Å²) in [4.78, 5) is 0. The Morgan fingerprint density at radius 1 is 1.50 bits per heavy atom. The van der Waals surface area contributed by atoms with Gasteiger partial charge in [0.25, 0.3) is 10.1 Å². The Bertz CT molecular complexity index is 144. The minimum atomic E-state index is -3.31. The number of halogens is 1. The van der Waals surface area contributed by atoms with E-state index in [0.717, 1.165) is 0 Å². The van der Waals surface area contributed by atoms with Crippen LogP contribution >= 0.6 is 12.4 Å². The van der Waals surface area contributed by atoms with Crippen LogP contribution < -0.4 is 5.73 Å². The minimum absolute atomic E-state index is 0. The van der Waals surface area contributed by atoms with Crippen molar-refractivity contribution < 1.29 is 12.6 Å². The minimum Gasteiger partial charge on any atom is -0.329 e. The molecule has 0 aromatic heterocycles. The van der Waals surface area contributed by atoms with Gasteiger partial charge in [0.15, 0.2) is 0 Å². The second-order valence-electron chi connectivity index (χ2n) is 1.46. The molecule has 0 saturated carbocycles. The first-order valence-corrected chi connectivity index (χ1v) is 4.27. The van der Waals surface area contributed by atoms with E-state index >= 15 is 0 Å². The molecule has 0 atom stereocenters. The van der Waals surface area contributed by atoms with Crippen LogP contribution in [-0.4, -0.2) is 27.3 Å². The molecular weight excluding hydrogens is 178 g/mol. The summed E-state index contributed by atoms with van der Waals surface area (Å²) in [5.41, 5.74) is 4.99. The zero-order valence-electron chi connectivity index (χ0n) is 5.74. The van der Waals surface area contributed by atoms with Crippen LogP contribution in [0.4, 0.5) is 0 Å². The highest BCUT2D eigenvalue weighted by atomic mass is 35.5. The molecule has 0 unspecified atom stereocenters. The second kappa shape index (κ2) is 5.91. The molecule has 64 valence electrons. The molecule has 0 aromatic rings. The van der Waals surface area contributed by atoms with Gasteiger partial charge in [0.2, 0.25) is 0 Å². The molecule has 2 N–H and O–H groups in total. The van der Waals surface area contributed by atoms with Gasteiger partial charge in [-0.2, -0.15) is 8.42 Å². The summed E-state index contributed by atoms with van der Waals surface area (Å²) >= 11 is 0. The maximum absolute atomic E-state index is 10.5.